The minimum Gasteiger partial charge on any atom is -0.480 e. The first-order valence-corrected chi connectivity index (χ1v) is 10.7. The number of hydrogen-bond acceptors (Lipinski definition) is 5. The predicted molar refractivity (Wildman–Crippen MR) is 116 cm³/mol. The minimum absolute atomic E-state index is 0.00754. The normalized spacial score (nSPS) is 20.4. The van der Waals surface area contributed by atoms with Gasteiger partial charge in [-0.2, -0.15) is 0 Å². The van der Waals surface area contributed by atoms with Crippen molar-refractivity contribution >= 4 is 18.0 Å². The quantitative estimate of drug-likeness (QED) is 0.637. The molecule has 3 unspecified atom stereocenters. The van der Waals surface area contributed by atoms with Crippen LogP contribution in [0.25, 0.3) is 11.1 Å². The molecule has 1 aliphatic carbocycles. The Bertz CT molecular complexity index is 993. The maximum atomic E-state index is 12.6. The number of carbonyl (C=O) groups is 3. The molecule has 2 aromatic rings. The molecule has 0 saturated carbocycles. The Hall–Kier alpha value is -3.39. The SMILES string of the molecule is CC(CNC(=O)OCC1c2ccccc2-c2ccccc21)C(=O)N1CC(O)CC1C(=O)O. The molecule has 2 amide bonds. The monoisotopic (exact) mass is 438 g/mol. The van der Waals surface area contributed by atoms with Crippen LogP contribution in [0.4, 0.5) is 4.79 Å². The summed E-state index contributed by atoms with van der Waals surface area (Å²) in [4.78, 5) is 37.4. The molecule has 168 valence electrons. The molecular formula is C24H26N2O6. The Morgan fingerprint density at radius 1 is 1.09 bits per heavy atom. The zero-order valence-electron chi connectivity index (χ0n) is 17.7. The number of aliphatic hydroxyl groups is 1. The number of aliphatic carboxylic acids is 1. The summed E-state index contributed by atoms with van der Waals surface area (Å²) >= 11 is 0. The second-order valence-electron chi connectivity index (χ2n) is 8.34. The van der Waals surface area contributed by atoms with Crippen LogP contribution in [0.2, 0.25) is 0 Å². The highest BCUT2D eigenvalue weighted by atomic mass is 16.5. The Kier molecular flexibility index (Phi) is 6.14. The molecule has 2 aliphatic rings. The van der Waals surface area contributed by atoms with E-state index in [9.17, 15) is 24.6 Å². The number of nitrogens with one attached hydrogen (secondary N) is 1. The molecule has 1 aliphatic heterocycles. The van der Waals surface area contributed by atoms with Crippen molar-refractivity contribution < 1.29 is 29.3 Å². The van der Waals surface area contributed by atoms with Gasteiger partial charge >= 0.3 is 12.1 Å². The van der Waals surface area contributed by atoms with Crippen molar-refractivity contribution in [3.05, 3.63) is 59.7 Å². The van der Waals surface area contributed by atoms with Crippen LogP contribution in [0, 0.1) is 5.92 Å². The number of fused-ring (bicyclic) bond motifs is 3. The van der Waals surface area contributed by atoms with Gasteiger partial charge in [0.1, 0.15) is 12.6 Å². The number of likely N-dealkylation sites (tertiary alicyclic amines) is 1. The van der Waals surface area contributed by atoms with Crippen LogP contribution < -0.4 is 5.32 Å². The Morgan fingerprint density at radius 2 is 1.69 bits per heavy atom. The molecular weight excluding hydrogens is 412 g/mol. The molecule has 8 heteroatoms. The lowest BCUT2D eigenvalue weighted by molar-refractivity contribution is -0.149. The number of β-amino-alcohol motifs (C(OH)–C–C–N with tert-alkyl or cyclic N) is 1. The lowest BCUT2D eigenvalue weighted by Gasteiger charge is -2.24. The molecule has 32 heavy (non-hydrogen) atoms. The fraction of sp³-hybridized carbons (Fsp3) is 0.375. The van der Waals surface area contributed by atoms with Gasteiger partial charge in [0.05, 0.1) is 12.0 Å². The summed E-state index contributed by atoms with van der Waals surface area (Å²) in [5, 5.41) is 21.6. The van der Waals surface area contributed by atoms with Crippen molar-refractivity contribution in [1.82, 2.24) is 10.2 Å². The summed E-state index contributed by atoms with van der Waals surface area (Å²) < 4.78 is 5.46. The van der Waals surface area contributed by atoms with E-state index in [-0.39, 0.29) is 32.0 Å². The van der Waals surface area contributed by atoms with Crippen LogP contribution in [0.15, 0.2) is 48.5 Å². The average molecular weight is 438 g/mol. The van der Waals surface area contributed by atoms with Gasteiger partial charge in [0.2, 0.25) is 5.91 Å². The van der Waals surface area contributed by atoms with Crippen LogP contribution >= 0.6 is 0 Å². The number of nitrogens with zero attached hydrogens (tertiary/aromatic N) is 1. The van der Waals surface area contributed by atoms with Crippen molar-refractivity contribution in [1.29, 1.82) is 0 Å². The summed E-state index contributed by atoms with van der Waals surface area (Å²) in [6.45, 7) is 1.76. The zero-order chi connectivity index (χ0) is 22.8. The number of ether oxygens (including phenoxy) is 1. The fourth-order valence-corrected chi connectivity index (χ4v) is 4.55. The number of carbonyl (C=O) groups excluding carboxylic acids is 2. The van der Waals surface area contributed by atoms with Gasteiger partial charge in [0.25, 0.3) is 0 Å². The smallest absolute Gasteiger partial charge is 0.407 e. The first kappa shape index (κ1) is 21.8. The lowest BCUT2D eigenvalue weighted by atomic mass is 9.98. The van der Waals surface area contributed by atoms with Crippen LogP contribution in [0.3, 0.4) is 0 Å². The van der Waals surface area contributed by atoms with E-state index in [4.69, 9.17) is 4.74 Å². The second kappa shape index (κ2) is 9.00. The fourth-order valence-electron chi connectivity index (χ4n) is 4.55. The number of amides is 2. The Labute approximate surface area is 185 Å². The molecule has 0 bridgehead atoms. The second-order valence-corrected chi connectivity index (χ2v) is 8.34. The van der Waals surface area contributed by atoms with E-state index in [1.165, 1.54) is 0 Å². The Balaban J connectivity index is 1.32. The molecule has 3 atom stereocenters. The van der Waals surface area contributed by atoms with Gasteiger partial charge < -0.3 is 25.2 Å². The van der Waals surface area contributed by atoms with Gasteiger partial charge in [-0.25, -0.2) is 9.59 Å². The zero-order valence-corrected chi connectivity index (χ0v) is 17.7. The average Bonchev–Trinajstić information content (AvgIpc) is 3.34. The number of rotatable bonds is 6. The maximum absolute atomic E-state index is 12.6. The van der Waals surface area contributed by atoms with Gasteiger partial charge in [0, 0.05) is 25.4 Å². The number of carboxylic acid groups (broad SMARTS) is 1. The van der Waals surface area contributed by atoms with Crippen molar-refractivity contribution in [2.75, 3.05) is 19.7 Å². The van der Waals surface area contributed by atoms with E-state index in [1.54, 1.807) is 6.92 Å². The molecule has 0 spiro atoms. The highest BCUT2D eigenvalue weighted by Crippen LogP contribution is 2.44. The maximum Gasteiger partial charge on any atom is 0.407 e. The largest absolute Gasteiger partial charge is 0.480 e. The third-order valence-corrected chi connectivity index (χ3v) is 6.16. The van der Waals surface area contributed by atoms with Crippen molar-refractivity contribution in [3.8, 4) is 11.1 Å². The van der Waals surface area contributed by atoms with E-state index in [2.05, 4.69) is 17.4 Å². The van der Waals surface area contributed by atoms with Crippen molar-refractivity contribution in [3.63, 3.8) is 0 Å². The summed E-state index contributed by atoms with van der Waals surface area (Å²) in [6.07, 6.45) is -1.49. The van der Waals surface area contributed by atoms with Gasteiger partial charge in [-0.3, -0.25) is 4.79 Å². The minimum atomic E-state index is -1.15. The van der Waals surface area contributed by atoms with Crippen molar-refractivity contribution in [2.45, 2.75) is 31.4 Å². The molecule has 3 N–H and O–H groups in total. The lowest BCUT2D eigenvalue weighted by Crippen LogP contribution is -2.45. The summed E-state index contributed by atoms with van der Waals surface area (Å²) in [7, 11) is 0. The molecule has 0 aromatic heterocycles. The number of hydrogen-bond donors (Lipinski definition) is 3. The molecule has 0 radical (unpaired) electrons. The standard InChI is InChI=1S/C24H26N2O6/c1-14(22(28)26-12-15(27)10-21(26)23(29)30)11-25-24(31)32-13-20-18-8-4-2-6-16(18)17-7-3-5-9-19(17)20/h2-9,14-15,20-21,27H,10-13H2,1H3,(H,25,31)(H,29,30). The highest BCUT2D eigenvalue weighted by Gasteiger charge is 2.40. The summed E-state index contributed by atoms with van der Waals surface area (Å²) in [5.74, 6) is -2.28. The van der Waals surface area contributed by atoms with Crippen LogP contribution in [-0.4, -0.2) is 64.9 Å². The van der Waals surface area contributed by atoms with Crippen LogP contribution in [-0.2, 0) is 14.3 Å². The van der Waals surface area contributed by atoms with E-state index in [0.29, 0.717) is 0 Å². The first-order chi connectivity index (χ1) is 15.4. The first-order valence-electron chi connectivity index (χ1n) is 10.7. The number of alkyl carbamates (subject to hydrolysis) is 1. The third kappa shape index (κ3) is 4.18. The van der Waals surface area contributed by atoms with E-state index >= 15 is 0 Å². The van der Waals surface area contributed by atoms with E-state index in [0.717, 1.165) is 27.2 Å². The summed E-state index contributed by atoms with van der Waals surface area (Å²) in [5.41, 5.74) is 4.49. The molecule has 8 nitrogen and oxygen atoms in total. The Morgan fingerprint density at radius 3 is 2.28 bits per heavy atom. The van der Waals surface area contributed by atoms with Crippen LogP contribution in [0.1, 0.15) is 30.4 Å². The van der Waals surface area contributed by atoms with Crippen molar-refractivity contribution in [2.24, 2.45) is 5.92 Å². The van der Waals surface area contributed by atoms with E-state index < -0.39 is 36.0 Å². The molecule has 1 heterocycles. The third-order valence-electron chi connectivity index (χ3n) is 6.16. The predicted octanol–water partition coefficient (Wildman–Crippen LogP) is 2.21. The molecule has 2 aromatic carbocycles. The van der Waals surface area contributed by atoms with Gasteiger partial charge in [-0.1, -0.05) is 55.5 Å². The van der Waals surface area contributed by atoms with E-state index in [1.807, 2.05) is 36.4 Å². The van der Waals surface area contributed by atoms with Gasteiger partial charge in [0.15, 0.2) is 0 Å². The van der Waals surface area contributed by atoms with Gasteiger partial charge in [-0.05, 0) is 22.3 Å². The number of carboxylic acids is 1. The summed E-state index contributed by atoms with van der Waals surface area (Å²) in [6, 6.07) is 15.0. The van der Waals surface area contributed by atoms with Crippen LogP contribution in [0.5, 0.6) is 0 Å². The molecule has 1 fully saturated rings. The number of benzene rings is 2. The van der Waals surface area contributed by atoms with Gasteiger partial charge in [-0.15, -0.1) is 0 Å². The topological polar surface area (TPSA) is 116 Å². The molecule has 4 rings (SSSR count). The highest BCUT2D eigenvalue weighted by molar-refractivity contribution is 5.86. The number of aliphatic hydroxyl groups excluding tert-OH is 1. The molecule has 1 saturated heterocycles.